The Labute approximate surface area is 146 Å². The molecule has 1 heterocycles. The monoisotopic (exact) mass is 341 g/mol. The maximum Gasteiger partial charge on any atom is 0.338 e. The van der Waals surface area contributed by atoms with Crippen molar-refractivity contribution in [2.45, 2.75) is 38.6 Å². The van der Waals surface area contributed by atoms with Crippen LogP contribution in [-0.2, 0) is 11.3 Å². The smallest absolute Gasteiger partial charge is 0.338 e. The fourth-order valence-electron chi connectivity index (χ4n) is 3.61. The topological polar surface area (TPSA) is 84.2 Å². The van der Waals surface area contributed by atoms with Crippen molar-refractivity contribution in [2.75, 3.05) is 6.54 Å². The van der Waals surface area contributed by atoms with E-state index < -0.39 is 5.97 Å². The van der Waals surface area contributed by atoms with E-state index in [9.17, 15) is 9.59 Å². The van der Waals surface area contributed by atoms with Crippen LogP contribution >= 0.6 is 0 Å². The maximum absolute atomic E-state index is 12.2. The molecule has 3 rings (SSSR count). The van der Waals surface area contributed by atoms with Gasteiger partial charge in [-0.3, -0.25) is 9.48 Å². The van der Waals surface area contributed by atoms with Crippen molar-refractivity contribution in [3.63, 3.8) is 0 Å². The van der Waals surface area contributed by atoms with Gasteiger partial charge in [0, 0.05) is 18.7 Å². The number of rotatable bonds is 6. The summed E-state index contributed by atoms with van der Waals surface area (Å²) in [5.41, 5.74) is 2.81. The summed E-state index contributed by atoms with van der Waals surface area (Å²) in [6, 6.07) is 8.47. The molecule has 0 aliphatic heterocycles. The first-order valence-electron chi connectivity index (χ1n) is 8.57. The number of fused-ring (bicyclic) bond motifs is 1. The highest BCUT2D eigenvalue weighted by Gasteiger charge is 2.32. The molecule has 6 nitrogen and oxygen atoms in total. The lowest BCUT2D eigenvalue weighted by atomic mass is 9.90. The number of hydrogen-bond acceptors (Lipinski definition) is 3. The van der Waals surface area contributed by atoms with Gasteiger partial charge in [0.25, 0.3) is 0 Å². The molecule has 2 aromatic rings. The molecule has 132 valence electrons. The molecule has 0 saturated carbocycles. The summed E-state index contributed by atoms with van der Waals surface area (Å²) in [4.78, 5) is 23.0. The third-order valence-corrected chi connectivity index (χ3v) is 4.91. The number of aromatic nitrogens is 2. The molecule has 0 unspecified atom stereocenters. The largest absolute Gasteiger partial charge is 0.478 e. The van der Waals surface area contributed by atoms with Gasteiger partial charge in [-0.2, -0.15) is 5.10 Å². The van der Waals surface area contributed by atoms with Crippen molar-refractivity contribution in [3.8, 4) is 0 Å². The van der Waals surface area contributed by atoms with Crippen LogP contribution in [-0.4, -0.2) is 33.3 Å². The van der Waals surface area contributed by atoms with Crippen LogP contribution in [0.5, 0.6) is 0 Å². The molecule has 0 radical (unpaired) electrons. The van der Waals surface area contributed by atoms with Crippen LogP contribution in [0.3, 0.4) is 0 Å². The second kappa shape index (κ2) is 7.09. The van der Waals surface area contributed by atoms with Crippen LogP contribution < -0.4 is 5.32 Å². The molecule has 1 aliphatic rings. The molecule has 1 amide bonds. The van der Waals surface area contributed by atoms with Crippen LogP contribution in [0, 0.1) is 5.92 Å². The maximum atomic E-state index is 12.2. The van der Waals surface area contributed by atoms with Crippen molar-refractivity contribution in [2.24, 2.45) is 5.92 Å². The first kappa shape index (κ1) is 17.2. The van der Waals surface area contributed by atoms with E-state index in [0.29, 0.717) is 24.3 Å². The predicted molar refractivity (Wildman–Crippen MR) is 93.6 cm³/mol. The molecule has 0 saturated heterocycles. The Bertz CT molecular complexity index is 782. The van der Waals surface area contributed by atoms with Crippen LogP contribution in [0.1, 0.15) is 53.6 Å². The molecule has 1 aromatic heterocycles. The molecular weight excluding hydrogens is 318 g/mol. The average molecular weight is 341 g/mol. The van der Waals surface area contributed by atoms with Gasteiger partial charge in [-0.1, -0.05) is 38.1 Å². The Kier molecular flexibility index (Phi) is 4.88. The zero-order valence-corrected chi connectivity index (χ0v) is 14.5. The standard InChI is InChI=1S/C19H23N3O3/c1-12(2)17-7-13(15-5-3-4-6-16(15)17)8-20-18(23)11-22-10-14(9-21-22)19(24)25/h3-6,9-10,12-13,17H,7-8,11H2,1-2H3,(H,20,23)(H,24,25)/t13-,17-/m0/s1. The third-order valence-electron chi connectivity index (χ3n) is 4.91. The van der Waals surface area contributed by atoms with E-state index in [1.54, 1.807) is 0 Å². The van der Waals surface area contributed by atoms with E-state index in [2.05, 4.69) is 42.5 Å². The molecule has 6 heteroatoms. The van der Waals surface area contributed by atoms with Gasteiger partial charge in [0.05, 0.1) is 11.8 Å². The van der Waals surface area contributed by atoms with E-state index in [1.807, 2.05) is 6.07 Å². The first-order chi connectivity index (χ1) is 12.0. The molecule has 1 aliphatic carbocycles. The van der Waals surface area contributed by atoms with Crippen LogP contribution in [0.2, 0.25) is 0 Å². The van der Waals surface area contributed by atoms with E-state index in [4.69, 9.17) is 5.11 Å². The lowest BCUT2D eigenvalue weighted by molar-refractivity contribution is -0.121. The number of nitrogens with one attached hydrogen (secondary N) is 1. The summed E-state index contributed by atoms with van der Waals surface area (Å²) in [6.07, 6.45) is 3.65. The SMILES string of the molecule is CC(C)[C@@H]1C[C@@H](CNC(=O)Cn2cc(C(=O)O)cn2)c2ccccc21. The number of benzene rings is 1. The van der Waals surface area contributed by atoms with Gasteiger partial charge in [0.1, 0.15) is 6.54 Å². The summed E-state index contributed by atoms with van der Waals surface area (Å²) in [7, 11) is 0. The summed E-state index contributed by atoms with van der Waals surface area (Å²) in [5, 5.41) is 15.8. The van der Waals surface area contributed by atoms with E-state index >= 15 is 0 Å². The molecular formula is C19H23N3O3. The minimum absolute atomic E-state index is 0.0231. The Morgan fingerprint density at radius 1 is 1.32 bits per heavy atom. The van der Waals surface area contributed by atoms with Gasteiger partial charge in [-0.15, -0.1) is 0 Å². The first-order valence-corrected chi connectivity index (χ1v) is 8.57. The fourth-order valence-corrected chi connectivity index (χ4v) is 3.61. The van der Waals surface area contributed by atoms with Gasteiger partial charge in [0.15, 0.2) is 0 Å². The summed E-state index contributed by atoms with van der Waals surface area (Å²) in [5.74, 6) is 0.210. The Hall–Kier alpha value is -2.63. The van der Waals surface area contributed by atoms with Crippen molar-refractivity contribution >= 4 is 11.9 Å². The number of hydrogen-bond donors (Lipinski definition) is 2. The Morgan fingerprint density at radius 3 is 2.68 bits per heavy atom. The quantitative estimate of drug-likeness (QED) is 0.846. The van der Waals surface area contributed by atoms with Crippen molar-refractivity contribution in [3.05, 3.63) is 53.3 Å². The average Bonchev–Trinajstić information content (AvgIpc) is 3.18. The third kappa shape index (κ3) is 3.73. The van der Waals surface area contributed by atoms with Crippen LogP contribution in [0.4, 0.5) is 0 Å². The molecule has 2 atom stereocenters. The second-order valence-electron chi connectivity index (χ2n) is 6.95. The van der Waals surface area contributed by atoms with Gasteiger partial charge in [-0.25, -0.2) is 4.79 Å². The number of nitrogens with zero attached hydrogens (tertiary/aromatic N) is 2. The molecule has 25 heavy (non-hydrogen) atoms. The highest BCUT2D eigenvalue weighted by atomic mass is 16.4. The van der Waals surface area contributed by atoms with Crippen LogP contribution in [0.25, 0.3) is 0 Å². The molecule has 0 bridgehead atoms. The number of carboxylic acid groups (broad SMARTS) is 1. The summed E-state index contributed by atoms with van der Waals surface area (Å²) in [6.45, 7) is 5.09. The van der Waals surface area contributed by atoms with E-state index in [0.717, 1.165) is 6.42 Å². The number of carbonyl (C=O) groups excluding carboxylic acids is 1. The fraction of sp³-hybridized carbons (Fsp3) is 0.421. The lowest BCUT2D eigenvalue weighted by Crippen LogP contribution is -2.31. The van der Waals surface area contributed by atoms with E-state index in [1.165, 1.54) is 28.2 Å². The second-order valence-corrected chi connectivity index (χ2v) is 6.95. The van der Waals surface area contributed by atoms with Gasteiger partial charge in [0.2, 0.25) is 5.91 Å². The Morgan fingerprint density at radius 2 is 2.04 bits per heavy atom. The zero-order chi connectivity index (χ0) is 18.0. The number of amides is 1. The lowest BCUT2D eigenvalue weighted by Gasteiger charge is -2.16. The summed E-state index contributed by atoms with van der Waals surface area (Å²) < 4.78 is 1.35. The highest BCUT2D eigenvalue weighted by molar-refractivity contribution is 5.87. The molecule has 0 fully saturated rings. The number of aromatic carboxylic acids is 1. The Balaban J connectivity index is 1.60. The minimum atomic E-state index is -1.05. The van der Waals surface area contributed by atoms with E-state index in [-0.39, 0.29) is 18.0 Å². The molecule has 1 aromatic carbocycles. The normalized spacial score (nSPS) is 19.0. The van der Waals surface area contributed by atoms with Crippen molar-refractivity contribution < 1.29 is 14.7 Å². The van der Waals surface area contributed by atoms with Crippen molar-refractivity contribution in [1.82, 2.24) is 15.1 Å². The van der Waals surface area contributed by atoms with Gasteiger partial charge >= 0.3 is 5.97 Å². The molecule has 2 N–H and O–H groups in total. The number of carbonyl (C=O) groups is 2. The van der Waals surface area contributed by atoms with Gasteiger partial charge in [-0.05, 0) is 29.4 Å². The van der Waals surface area contributed by atoms with Crippen LogP contribution in [0.15, 0.2) is 36.7 Å². The zero-order valence-electron chi connectivity index (χ0n) is 14.5. The minimum Gasteiger partial charge on any atom is -0.478 e. The summed E-state index contributed by atoms with van der Waals surface area (Å²) >= 11 is 0. The van der Waals surface area contributed by atoms with Crippen molar-refractivity contribution in [1.29, 1.82) is 0 Å². The number of carboxylic acids is 1. The van der Waals surface area contributed by atoms with Gasteiger partial charge < -0.3 is 10.4 Å². The predicted octanol–water partition coefficient (Wildman–Crippen LogP) is 2.62. The highest BCUT2D eigenvalue weighted by Crippen LogP contribution is 2.44. The molecule has 0 spiro atoms.